The van der Waals surface area contributed by atoms with Gasteiger partial charge in [0.25, 0.3) is 0 Å². The van der Waals surface area contributed by atoms with E-state index in [9.17, 15) is 4.79 Å². The Morgan fingerprint density at radius 2 is 1.67 bits per heavy atom. The summed E-state index contributed by atoms with van der Waals surface area (Å²) in [5.41, 5.74) is 0.678. The number of nitrogens with zero attached hydrogens (tertiary/aromatic N) is 2. The van der Waals surface area contributed by atoms with Crippen molar-refractivity contribution < 1.29 is 9.31 Å². The predicted molar refractivity (Wildman–Crippen MR) is 79.9 cm³/mol. The van der Waals surface area contributed by atoms with Crippen LogP contribution in [0.2, 0.25) is 0 Å². The summed E-state index contributed by atoms with van der Waals surface area (Å²) in [6.45, 7) is 8.08. The zero-order valence-corrected chi connectivity index (χ0v) is 12.6. The van der Waals surface area contributed by atoms with Gasteiger partial charge in [-0.1, -0.05) is 12.1 Å². The molecule has 3 rings (SSSR count). The largest absolute Gasteiger partial charge is 0.494 e. The van der Waals surface area contributed by atoms with Gasteiger partial charge < -0.3 is 9.31 Å². The molecule has 2 heterocycles. The summed E-state index contributed by atoms with van der Waals surface area (Å²) in [6.07, 6.45) is 1.45. The lowest BCUT2D eigenvalue weighted by Crippen LogP contribution is -2.41. The van der Waals surface area contributed by atoms with Crippen LogP contribution in [0.25, 0.3) is 5.69 Å². The van der Waals surface area contributed by atoms with Crippen LogP contribution in [0, 0.1) is 0 Å². The second-order valence-corrected chi connectivity index (χ2v) is 6.21. The van der Waals surface area contributed by atoms with Gasteiger partial charge in [0.2, 0.25) is 0 Å². The van der Waals surface area contributed by atoms with Gasteiger partial charge in [-0.3, -0.25) is 0 Å². The highest BCUT2D eigenvalue weighted by Crippen LogP contribution is 2.36. The maximum atomic E-state index is 11.5. The van der Waals surface area contributed by atoms with Crippen LogP contribution in [0.4, 0.5) is 0 Å². The van der Waals surface area contributed by atoms with Crippen LogP contribution in [0.15, 0.2) is 35.4 Å². The molecule has 1 aliphatic heterocycles. The van der Waals surface area contributed by atoms with Crippen LogP contribution in [0.5, 0.6) is 0 Å². The second kappa shape index (κ2) is 4.57. The van der Waals surface area contributed by atoms with Gasteiger partial charge in [-0.25, -0.2) is 14.5 Å². The molecule has 0 aliphatic carbocycles. The van der Waals surface area contributed by atoms with Crippen molar-refractivity contribution >= 4 is 12.6 Å². The van der Waals surface area contributed by atoms with Crippen molar-refractivity contribution in [2.75, 3.05) is 0 Å². The molecule has 1 aliphatic rings. The van der Waals surface area contributed by atoms with Crippen LogP contribution in [-0.2, 0) is 9.31 Å². The molecule has 6 nitrogen and oxygen atoms in total. The molecule has 1 N–H and O–H groups in total. The Morgan fingerprint density at radius 1 is 1.10 bits per heavy atom. The molecule has 1 aromatic heterocycles. The van der Waals surface area contributed by atoms with Crippen LogP contribution in [0.3, 0.4) is 0 Å². The summed E-state index contributed by atoms with van der Waals surface area (Å²) in [4.78, 5) is 11.5. The van der Waals surface area contributed by atoms with Crippen molar-refractivity contribution in [2.45, 2.75) is 38.9 Å². The summed E-state index contributed by atoms with van der Waals surface area (Å²) in [7, 11) is -0.398. The normalized spacial score (nSPS) is 19.9. The van der Waals surface area contributed by atoms with Gasteiger partial charge in [0.1, 0.15) is 6.33 Å². The molecular weight excluding hydrogens is 269 g/mol. The Balaban J connectivity index is 1.86. The van der Waals surface area contributed by atoms with Gasteiger partial charge in [-0.05, 0) is 45.3 Å². The lowest BCUT2D eigenvalue weighted by Gasteiger charge is -2.32. The first-order valence-electron chi connectivity index (χ1n) is 6.88. The van der Waals surface area contributed by atoms with Crippen LogP contribution < -0.4 is 11.2 Å². The molecule has 1 fully saturated rings. The zero-order valence-electron chi connectivity index (χ0n) is 12.6. The van der Waals surface area contributed by atoms with Crippen molar-refractivity contribution in [3.8, 4) is 5.69 Å². The van der Waals surface area contributed by atoms with Gasteiger partial charge in [-0.15, -0.1) is 0 Å². The number of aromatic nitrogens is 3. The highest BCUT2D eigenvalue weighted by molar-refractivity contribution is 6.62. The predicted octanol–water partition coefficient (Wildman–Crippen LogP) is 0.860. The summed E-state index contributed by atoms with van der Waals surface area (Å²) in [5.74, 6) is 0. The van der Waals surface area contributed by atoms with E-state index in [4.69, 9.17) is 9.31 Å². The Kier molecular flexibility index (Phi) is 3.07. The second-order valence-electron chi connectivity index (χ2n) is 6.21. The van der Waals surface area contributed by atoms with Crippen molar-refractivity contribution in [3.05, 3.63) is 41.1 Å². The average molecular weight is 287 g/mol. The number of rotatable bonds is 2. The average Bonchev–Trinajstić information content (AvgIpc) is 2.92. The topological polar surface area (TPSA) is 69.1 Å². The maximum Gasteiger partial charge on any atom is 0.494 e. The summed E-state index contributed by atoms with van der Waals surface area (Å²) < 4.78 is 13.4. The van der Waals surface area contributed by atoms with Crippen molar-refractivity contribution in [1.82, 2.24) is 14.8 Å². The van der Waals surface area contributed by atoms with E-state index < -0.39 is 7.12 Å². The Labute approximate surface area is 123 Å². The minimum atomic E-state index is -0.398. The molecule has 0 unspecified atom stereocenters. The van der Waals surface area contributed by atoms with E-state index >= 15 is 0 Å². The minimum absolute atomic E-state index is 0.265. The molecule has 0 atom stereocenters. The van der Waals surface area contributed by atoms with Gasteiger partial charge >= 0.3 is 12.8 Å². The molecule has 1 saturated heterocycles. The van der Waals surface area contributed by atoms with Gasteiger partial charge in [0, 0.05) is 0 Å². The van der Waals surface area contributed by atoms with E-state index in [1.807, 2.05) is 52.0 Å². The third-order valence-corrected chi connectivity index (χ3v) is 4.25. The molecule has 0 spiro atoms. The first-order chi connectivity index (χ1) is 9.80. The molecule has 7 heteroatoms. The van der Waals surface area contributed by atoms with Crippen molar-refractivity contribution in [2.24, 2.45) is 0 Å². The van der Waals surface area contributed by atoms with Crippen molar-refractivity contribution in [1.29, 1.82) is 0 Å². The Hall–Kier alpha value is -1.86. The molecule has 0 saturated carbocycles. The molecule has 1 aromatic carbocycles. The van der Waals surface area contributed by atoms with Gasteiger partial charge in [-0.2, -0.15) is 5.10 Å². The molecule has 110 valence electrons. The smallest absolute Gasteiger partial charge is 0.399 e. The van der Waals surface area contributed by atoms with E-state index in [0.717, 1.165) is 11.2 Å². The first-order valence-corrected chi connectivity index (χ1v) is 6.88. The third-order valence-electron chi connectivity index (χ3n) is 4.25. The Morgan fingerprint density at radius 3 is 2.14 bits per heavy atom. The quantitative estimate of drug-likeness (QED) is 0.832. The fourth-order valence-corrected chi connectivity index (χ4v) is 2.20. The SMILES string of the molecule is CC1(C)OB(c2ccc(-n3cn[nH]c3=O)cc2)OC1(C)C. The highest BCUT2D eigenvalue weighted by atomic mass is 16.7. The van der Waals surface area contributed by atoms with E-state index in [2.05, 4.69) is 10.2 Å². The molecule has 0 amide bonds. The number of nitrogens with one attached hydrogen (secondary N) is 1. The van der Waals surface area contributed by atoms with Crippen LogP contribution in [0.1, 0.15) is 27.7 Å². The third kappa shape index (κ3) is 2.32. The highest BCUT2D eigenvalue weighted by Gasteiger charge is 2.51. The summed E-state index contributed by atoms with van der Waals surface area (Å²) in [5, 5.41) is 6.08. The number of benzene rings is 1. The fraction of sp³-hybridized carbons (Fsp3) is 0.429. The summed E-state index contributed by atoms with van der Waals surface area (Å²) >= 11 is 0. The standard InChI is InChI=1S/C14H18BN3O3/c1-13(2)14(3,4)21-15(20-13)10-5-7-11(8-6-10)18-9-16-17-12(18)19/h5-9H,1-4H3,(H,17,19). The number of aromatic amines is 1. The maximum absolute atomic E-state index is 11.5. The van der Waals surface area contributed by atoms with Gasteiger partial charge in [0.15, 0.2) is 0 Å². The molecule has 21 heavy (non-hydrogen) atoms. The lowest BCUT2D eigenvalue weighted by molar-refractivity contribution is 0.00578. The minimum Gasteiger partial charge on any atom is -0.399 e. The number of hydrogen-bond donors (Lipinski definition) is 1. The van der Waals surface area contributed by atoms with Gasteiger partial charge in [0.05, 0.1) is 16.9 Å². The monoisotopic (exact) mass is 287 g/mol. The van der Waals surface area contributed by atoms with E-state index in [1.165, 1.54) is 10.9 Å². The van der Waals surface area contributed by atoms with Crippen molar-refractivity contribution in [3.63, 3.8) is 0 Å². The fourth-order valence-electron chi connectivity index (χ4n) is 2.20. The molecule has 0 bridgehead atoms. The Bertz CT molecular complexity index is 687. The zero-order chi connectivity index (χ0) is 15.3. The van der Waals surface area contributed by atoms with E-state index in [-0.39, 0.29) is 16.9 Å². The summed E-state index contributed by atoms with van der Waals surface area (Å²) in [6, 6.07) is 7.49. The number of H-pyrrole nitrogens is 1. The van der Waals surface area contributed by atoms with E-state index in [1.54, 1.807) is 0 Å². The van der Waals surface area contributed by atoms with Crippen LogP contribution >= 0.6 is 0 Å². The van der Waals surface area contributed by atoms with Crippen LogP contribution in [-0.4, -0.2) is 33.1 Å². The first kappa shape index (κ1) is 14.1. The molecule has 0 radical (unpaired) electrons. The lowest BCUT2D eigenvalue weighted by atomic mass is 9.79. The number of hydrogen-bond acceptors (Lipinski definition) is 4. The van der Waals surface area contributed by atoms with E-state index in [0.29, 0.717) is 0 Å². The molecular formula is C14H18BN3O3. The molecule has 2 aromatic rings.